The fourth-order valence-electron chi connectivity index (χ4n) is 3.52. The number of guanidine groups is 1. The van der Waals surface area contributed by atoms with Gasteiger partial charge in [0.1, 0.15) is 12.4 Å². The summed E-state index contributed by atoms with van der Waals surface area (Å²) in [6.45, 7) is 16.8. The van der Waals surface area contributed by atoms with Crippen LogP contribution in [0.25, 0.3) is 0 Å². The van der Waals surface area contributed by atoms with Crippen molar-refractivity contribution in [1.82, 2.24) is 15.5 Å². The zero-order valence-corrected chi connectivity index (χ0v) is 22.6. The molecule has 8 heteroatoms. The second kappa shape index (κ2) is 17.4. The van der Waals surface area contributed by atoms with Crippen LogP contribution in [0.3, 0.4) is 0 Å². The monoisotopic (exact) mass is 562 g/mol. The maximum absolute atomic E-state index is 5.96. The fourth-order valence-corrected chi connectivity index (χ4v) is 3.52. The van der Waals surface area contributed by atoms with E-state index in [-0.39, 0.29) is 30.1 Å². The summed E-state index contributed by atoms with van der Waals surface area (Å²) in [4.78, 5) is 7.12. The van der Waals surface area contributed by atoms with Crippen LogP contribution in [0.1, 0.15) is 39.7 Å². The highest BCUT2D eigenvalue weighted by Gasteiger charge is 2.13. The highest BCUT2D eigenvalue weighted by atomic mass is 127. The van der Waals surface area contributed by atoms with E-state index in [2.05, 4.69) is 55.4 Å². The Labute approximate surface area is 211 Å². The van der Waals surface area contributed by atoms with Crippen LogP contribution in [-0.4, -0.2) is 76.1 Å². The Kier molecular flexibility index (Phi) is 15.7. The van der Waals surface area contributed by atoms with Crippen LogP contribution in [0.15, 0.2) is 29.3 Å². The normalized spacial score (nSPS) is 15.8. The van der Waals surface area contributed by atoms with Crippen molar-refractivity contribution < 1.29 is 14.2 Å². The van der Waals surface area contributed by atoms with Crippen LogP contribution in [0.4, 0.5) is 0 Å². The van der Waals surface area contributed by atoms with Gasteiger partial charge in [0.05, 0.1) is 25.9 Å². The summed E-state index contributed by atoms with van der Waals surface area (Å²) < 4.78 is 17.2. The van der Waals surface area contributed by atoms with Gasteiger partial charge < -0.3 is 24.8 Å². The smallest absolute Gasteiger partial charge is 0.191 e. The maximum Gasteiger partial charge on any atom is 0.191 e. The van der Waals surface area contributed by atoms with Crippen molar-refractivity contribution in [2.24, 2.45) is 10.9 Å². The molecule has 1 heterocycles. The number of aliphatic imine (C=N–C) groups is 1. The Balaban J connectivity index is 0.00000512. The molecule has 1 aliphatic rings. The standard InChI is InChI=1S/C24H42N4O3.HI/c1-5-25-24(26-11-10-23(20(3)4)30-6-2)27-19-21-8-7-9-22(18-21)31-17-14-28-12-15-29-16-13-28;/h7-9,18,20,23H,5-6,10-17,19H2,1-4H3,(H2,25,26,27);1H. The average molecular weight is 563 g/mol. The lowest BCUT2D eigenvalue weighted by Crippen LogP contribution is -2.39. The molecule has 0 saturated carbocycles. The van der Waals surface area contributed by atoms with Gasteiger partial charge in [0.2, 0.25) is 0 Å². The predicted octanol–water partition coefficient (Wildman–Crippen LogP) is 3.52. The molecular weight excluding hydrogens is 519 g/mol. The van der Waals surface area contributed by atoms with E-state index in [4.69, 9.17) is 19.2 Å². The highest BCUT2D eigenvalue weighted by Crippen LogP contribution is 2.14. The van der Waals surface area contributed by atoms with E-state index in [9.17, 15) is 0 Å². The molecule has 0 aliphatic carbocycles. The SMILES string of the molecule is CCNC(=NCc1cccc(OCCN2CCOCC2)c1)NCCC(OCC)C(C)C.I. The minimum absolute atomic E-state index is 0. The van der Waals surface area contributed by atoms with E-state index < -0.39 is 0 Å². The Morgan fingerprint density at radius 3 is 2.66 bits per heavy atom. The van der Waals surface area contributed by atoms with Crippen LogP contribution in [0.2, 0.25) is 0 Å². The van der Waals surface area contributed by atoms with E-state index in [0.29, 0.717) is 19.1 Å². The van der Waals surface area contributed by atoms with Gasteiger partial charge in [-0.3, -0.25) is 4.90 Å². The van der Waals surface area contributed by atoms with Gasteiger partial charge in [-0.25, -0.2) is 4.99 Å². The summed E-state index contributed by atoms with van der Waals surface area (Å²) >= 11 is 0. The van der Waals surface area contributed by atoms with Crippen molar-refractivity contribution in [3.8, 4) is 5.75 Å². The fraction of sp³-hybridized carbons (Fsp3) is 0.708. The Bertz CT molecular complexity index is 639. The van der Waals surface area contributed by atoms with Gasteiger partial charge in [-0.1, -0.05) is 26.0 Å². The minimum Gasteiger partial charge on any atom is -0.492 e. The number of nitrogens with one attached hydrogen (secondary N) is 2. The summed E-state index contributed by atoms with van der Waals surface area (Å²) in [6.07, 6.45) is 1.23. The third kappa shape index (κ3) is 11.7. The molecule has 2 N–H and O–H groups in total. The van der Waals surface area contributed by atoms with Crippen molar-refractivity contribution >= 4 is 29.9 Å². The second-order valence-corrected chi connectivity index (χ2v) is 8.10. The molecule has 1 saturated heterocycles. The van der Waals surface area contributed by atoms with Crippen molar-refractivity contribution in [2.75, 3.05) is 59.2 Å². The van der Waals surface area contributed by atoms with Gasteiger partial charge in [-0.15, -0.1) is 24.0 Å². The summed E-state index contributed by atoms with van der Waals surface area (Å²) in [6, 6.07) is 8.21. The Morgan fingerprint density at radius 1 is 1.19 bits per heavy atom. The highest BCUT2D eigenvalue weighted by molar-refractivity contribution is 14.0. The molecule has 1 fully saturated rings. The van der Waals surface area contributed by atoms with E-state index in [1.165, 1.54) is 0 Å². The lowest BCUT2D eigenvalue weighted by molar-refractivity contribution is 0.0258. The van der Waals surface area contributed by atoms with Crippen molar-refractivity contribution in [2.45, 2.75) is 46.8 Å². The number of halogens is 1. The first-order valence-electron chi connectivity index (χ1n) is 11.8. The van der Waals surface area contributed by atoms with E-state index in [1.807, 2.05) is 12.1 Å². The summed E-state index contributed by atoms with van der Waals surface area (Å²) in [5, 5.41) is 6.76. The quantitative estimate of drug-likeness (QED) is 0.218. The lowest BCUT2D eigenvalue weighted by Gasteiger charge is -2.26. The topological polar surface area (TPSA) is 67.4 Å². The molecule has 1 aliphatic heterocycles. The molecule has 0 spiro atoms. The molecule has 0 bridgehead atoms. The van der Waals surface area contributed by atoms with Crippen LogP contribution >= 0.6 is 24.0 Å². The molecule has 1 aromatic rings. The Hall–Kier alpha value is -1.10. The maximum atomic E-state index is 5.96. The molecule has 2 rings (SSSR count). The van der Waals surface area contributed by atoms with Crippen molar-refractivity contribution in [1.29, 1.82) is 0 Å². The van der Waals surface area contributed by atoms with Crippen LogP contribution < -0.4 is 15.4 Å². The number of nitrogens with zero attached hydrogens (tertiary/aromatic N) is 2. The molecule has 1 aromatic carbocycles. The number of hydrogen-bond donors (Lipinski definition) is 2. The average Bonchev–Trinajstić information content (AvgIpc) is 2.78. The zero-order valence-electron chi connectivity index (χ0n) is 20.3. The first kappa shape index (κ1) is 28.9. The number of benzene rings is 1. The van der Waals surface area contributed by atoms with Crippen LogP contribution in [0.5, 0.6) is 5.75 Å². The second-order valence-electron chi connectivity index (χ2n) is 8.10. The van der Waals surface area contributed by atoms with Gasteiger partial charge in [-0.05, 0) is 43.9 Å². The van der Waals surface area contributed by atoms with Crippen molar-refractivity contribution in [3.05, 3.63) is 29.8 Å². The van der Waals surface area contributed by atoms with E-state index in [1.54, 1.807) is 0 Å². The van der Waals surface area contributed by atoms with Crippen molar-refractivity contribution in [3.63, 3.8) is 0 Å². The Morgan fingerprint density at radius 2 is 1.97 bits per heavy atom. The van der Waals surface area contributed by atoms with Gasteiger partial charge >= 0.3 is 0 Å². The molecule has 32 heavy (non-hydrogen) atoms. The molecule has 184 valence electrons. The van der Waals surface area contributed by atoms with Gasteiger partial charge in [0.25, 0.3) is 0 Å². The minimum atomic E-state index is 0. The largest absolute Gasteiger partial charge is 0.492 e. The van der Waals surface area contributed by atoms with Crippen LogP contribution in [0, 0.1) is 5.92 Å². The summed E-state index contributed by atoms with van der Waals surface area (Å²) in [5.41, 5.74) is 1.13. The molecule has 0 amide bonds. The summed E-state index contributed by atoms with van der Waals surface area (Å²) in [5.74, 6) is 2.24. The first-order valence-corrected chi connectivity index (χ1v) is 11.8. The van der Waals surface area contributed by atoms with Gasteiger partial charge in [-0.2, -0.15) is 0 Å². The number of hydrogen-bond acceptors (Lipinski definition) is 5. The third-order valence-electron chi connectivity index (χ3n) is 5.29. The number of morpholine rings is 1. The molecule has 0 aromatic heterocycles. The molecule has 7 nitrogen and oxygen atoms in total. The van der Waals surface area contributed by atoms with Gasteiger partial charge in [0.15, 0.2) is 5.96 Å². The molecule has 1 atom stereocenters. The third-order valence-corrected chi connectivity index (χ3v) is 5.29. The molecule has 0 radical (unpaired) electrons. The predicted molar refractivity (Wildman–Crippen MR) is 142 cm³/mol. The molecular formula is C24H43IN4O3. The lowest BCUT2D eigenvalue weighted by atomic mass is 10.0. The summed E-state index contributed by atoms with van der Waals surface area (Å²) in [7, 11) is 0. The van der Waals surface area contributed by atoms with E-state index in [0.717, 1.165) is 76.2 Å². The van der Waals surface area contributed by atoms with E-state index >= 15 is 0 Å². The molecule has 1 unspecified atom stereocenters. The number of rotatable bonds is 13. The number of ether oxygens (including phenoxy) is 3. The first-order chi connectivity index (χ1) is 15.1. The zero-order chi connectivity index (χ0) is 22.3. The van der Waals surface area contributed by atoms with Crippen LogP contribution in [-0.2, 0) is 16.0 Å². The van der Waals surface area contributed by atoms with Gasteiger partial charge in [0, 0.05) is 39.3 Å².